The number of allylic oxidation sites excluding steroid dienone is 6. The SMILES string of the molecule is C#C.C=CC(=C)Cl.C=CC=C.C=CC=C. The van der Waals surface area contributed by atoms with E-state index in [1.165, 1.54) is 6.08 Å². The van der Waals surface area contributed by atoms with E-state index in [0.29, 0.717) is 5.03 Å². The molecule has 0 aliphatic carbocycles. The molecule has 0 aliphatic heterocycles. The van der Waals surface area contributed by atoms with Crippen molar-refractivity contribution in [3.63, 3.8) is 0 Å². The molecular formula is C14H19Cl. The minimum absolute atomic E-state index is 0.491. The quantitative estimate of drug-likeness (QED) is 0.471. The Kier molecular flexibility index (Phi) is 61.4. The van der Waals surface area contributed by atoms with Gasteiger partial charge in [0.25, 0.3) is 0 Å². The standard InChI is InChI=1S/C4H5Cl.2C4H6.C2H2/c1-3-4(2)5;2*1-3-4-2;1-2/h3H,1-2H2;2*3-4H,1-2H2;1-2H. The largest absolute Gasteiger partial charge is 0.124 e. The Morgan fingerprint density at radius 3 is 0.933 bits per heavy atom. The van der Waals surface area contributed by atoms with Crippen LogP contribution in [-0.4, -0.2) is 0 Å². The Balaban J connectivity index is -0.0000000562. The highest BCUT2D eigenvalue weighted by Gasteiger charge is 1.63. The summed E-state index contributed by atoms with van der Waals surface area (Å²) in [5.41, 5.74) is 0. The van der Waals surface area contributed by atoms with Gasteiger partial charge in [0.05, 0.1) is 0 Å². The first-order valence-corrected chi connectivity index (χ1v) is 4.25. The van der Waals surface area contributed by atoms with Crippen molar-refractivity contribution in [3.05, 3.63) is 74.9 Å². The molecule has 0 atom stereocenters. The summed E-state index contributed by atoms with van der Waals surface area (Å²) in [5.74, 6) is 0. The molecule has 0 amide bonds. The number of terminal acetylenes is 1. The predicted molar refractivity (Wildman–Crippen MR) is 75.9 cm³/mol. The van der Waals surface area contributed by atoms with E-state index in [-0.39, 0.29) is 0 Å². The Hall–Kier alpha value is -1.71. The molecule has 0 nitrogen and oxygen atoms in total. The average Bonchev–Trinajstić information content (AvgIpc) is 2.32. The molecule has 0 bridgehead atoms. The van der Waals surface area contributed by atoms with Crippen LogP contribution in [0.15, 0.2) is 74.9 Å². The molecule has 0 N–H and O–H groups in total. The average molecular weight is 223 g/mol. The zero-order chi connectivity index (χ0) is 13.1. The third-order valence-corrected chi connectivity index (χ3v) is 0.709. The second kappa shape index (κ2) is 39.6. The molecule has 0 radical (unpaired) electrons. The summed E-state index contributed by atoms with van der Waals surface area (Å²) in [7, 11) is 0. The van der Waals surface area contributed by atoms with Gasteiger partial charge in [-0.3, -0.25) is 0 Å². The van der Waals surface area contributed by atoms with E-state index in [4.69, 9.17) is 11.6 Å². The van der Waals surface area contributed by atoms with Crippen molar-refractivity contribution in [1.29, 1.82) is 0 Å². The minimum Gasteiger partial charge on any atom is -0.124 e. The van der Waals surface area contributed by atoms with Crippen LogP contribution < -0.4 is 0 Å². The number of hydrogen-bond acceptors (Lipinski definition) is 0. The van der Waals surface area contributed by atoms with Crippen LogP contribution in [0.5, 0.6) is 0 Å². The second-order valence-corrected chi connectivity index (χ2v) is 2.08. The van der Waals surface area contributed by atoms with Crippen molar-refractivity contribution in [2.24, 2.45) is 0 Å². The topological polar surface area (TPSA) is 0 Å². The lowest BCUT2D eigenvalue weighted by molar-refractivity contribution is 2.04. The summed E-state index contributed by atoms with van der Waals surface area (Å²) in [6.45, 7) is 20.1. The van der Waals surface area contributed by atoms with E-state index in [9.17, 15) is 0 Å². The maximum atomic E-state index is 5.15. The molecule has 0 unspecified atom stereocenters. The zero-order valence-electron chi connectivity index (χ0n) is 9.16. The summed E-state index contributed by atoms with van der Waals surface area (Å²) in [5, 5.41) is 0.491. The van der Waals surface area contributed by atoms with E-state index in [2.05, 4.69) is 52.3 Å². The molecule has 0 spiro atoms. The normalized spacial score (nSPS) is 5.00. The van der Waals surface area contributed by atoms with Gasteiger partial charge in [-0.15, -0.1) is 12.8 Å². The molecule has 0 fully saturated rings. The maximum Gasteiger partial charge on any atom is 0.0328 e. The van der Waals surface area contributed by atoms with Gasteiger partial charge in [-0.25, -0.2) is 0 Å². The van der Waals surface area contributed by atoms with Gasteiger partial charge in [0, 0.05) is 5.03 Å². The molecule has 15 heavy (non-hydrogen) atoms. The monoisotopic (exact) mass is 222 g/mol. The first kappa shape index (κ1) is 23.3. The Morgan fingerprint density at radius 2 is 0.933 bits per heavy atom. The van der Waals surface area contributed by atoms with E-state index in [0.717, 1.165) is 0 Å². The van der Waals surface area contributed by atoms with Gasteiger partial charge in [-0.05, 0) is 0 Å². The molecule has 82 valence electrons. The third-order valence-electron chi connectivity index (χ3n) is 0.555. The zero-order valence-corrected chi connectivity index (χ0v) is 9.92. The van der Waals surface area contributed by atoms with Gasteiger partial charge in [0.1, 0.15) is 0 Å². The molecule has 0 saturated carbocycles. The van der Waals surface area contributed by atoms with Crippen LogP contribution in [0.25, 0.3) is 0 Å². The van der Waals surface area contributed by atoms with E-state index < -0.39 is 0 Å². The number of rotatable bonds is 3. The first-order valence-electron chi connectivity index (χ1n) is 3.87. The summed E-state index contributed by atoms with van der Waals surface area (Å²) < 4.78 is 0. The highest BCUT2D eigenvalue weighted by atomic mass is 35.5. The van der Waals surface area contributed by atoms with Crippen LogP contribution in [0, 0.1) is 12.8 Å². The molecule has 0 heterocycles. The molecule has 1 heteroatoms. The van der Waals surface area contributed by atoms with Crippen LogP contribution in [-0.2, 0) is 0 Å². The van der Waals surface area contributed by atoms with Crippen LogP contribution in [0.2, 0.25) is 0 Å². The molecule has 0 aromatic heterocycles. The van der Waals surface area contributed by atoms with Gasteiger partial charge in [-0.1, -0.05) is 81.5 Å². The lowest BCUT2D eigenvalue weighted by atomic mass is 10.6. The Labute approximate surface area is 99.7 Å². The van der Waals surface area contributed by atoms with Crippen LogP contribution in [0.4, 0.5) is 0 Å². The minimum atomic E-state index is 0.491. The number of hydrogen-bond donors (Lipinski definition) is 0. The molecule has 0 rings (SSSR count). The van der Waals surface area contributed by atoms with Crippen LogP contribution >= 0.6 is 11.6 Å². The van der Waals surface area contributed by atoms with Gasteiger partial charge < -0.3 is 0 Å². The van der Waals surface area contributed by atoms with Crippen molar-refractivity contribution in [1.82, 2.24) is 0 Å². The number of halogens is 1. The molecule has 0 aliphatic rings. The van der Waals surface area contributed by atoms with Gasteiger partial charge in [-0.2, -0.15) is 0 Å². The second-order valence-electron chi connectivity index (χ2n) is 1.59. The van der Waals surface area contributed by atoms with E-state index in [1.54, 1.807) is 24.3 Å². The maximum absolute atomic E-state index is 5.15. The van der Waals surface area contributed by atoms with E-state index >= 15 is 0 Å². The summed E-state index contributed by atoms with van der Waals surface area (Å²) in [4.78, 5) is 0. The first-order chi connectivity index (χ1) is 7.10. The van der Waals surface area contributed by atoms with Crippen molar-refractivity contribution < 1.29 is 0 Å². The molecular weight excluding hydrogens is 204 g/mol. The molecule has 0 saturated heterocycles. The molecule has 0 aromatic rings. The highest BCUT2D eigenvalue weighted by molar-refractivity contribution is 6.30. The third kappa shape index (κ3) is 248. The van der Waals surface area contributed by atoms with Crippen molar-refractivity contribution in [2.75, 3.05) is 0 Å². The smallest absolute Gasteiger partial charge is 0.0328 e. The van der Waals surface area contributed by atoms with E-state index in [1.807, 2.05) is 0 Å². The summed E-state index contributed by atoms with van der Waals surface area (Å²) in [6, 6.07) is 0. The summed E-state index contributed by atoms with van der Waals surface area (Å²) >= 11 is 5.15. The van der Waals surface area contributed by atoms with Gasteiger partial charge >= 0.3 is 0 Å². The fraction of sp³-hybridized carbons (Fsp3) is 0. The molecule has 0 aromatic carbocycles. The van der Waals surface area contributed by atoms with Crippen LogP contribution in [0.3, 0.4) is 0 Å². The fourth-order valence-corrected chi connectivity index (χ4v) is 0. The lowest BCUT2D eigenvalue weighted by Crippen LogP contribution is -1.42. The fourth-order valence-electron chi connectivity index (χ4n) is 0. The summed E-state index contributed by atoms with van der Waals surface area (Å²) in [6.07, 6.45) is 16.0. The van der Waals surface area contributed by atoms with Crippen molar-refractivity contribution in [2.45, 2.75) is 0 Å². The highest BCUT2D eigenvalue weighted by Crippen LogP contribution is 1.92. The van der Waals surface area contributed by atoms with Gasteiger partial charge in [0.2, 0.25) is 0 Å². The van der Waals surface area contributed by atoms with Crippen molar-refractivity contribution >= 4 is 11.6 Å². The van der Waals surface area contributed by atoms with Gasteiger partial charge in [0.15, 0.2) is 0 Å². The Bertz CT molecular complexity index is 183. The van der Waals surface area contributed by atoms with Crippen molar-refractivity contribution in [3.8, 4) is 12.8 Å². The van der Waals surface area contributed by atoms with Crippen LogP contribution in [0.1, 0.15) is 0 Å². The Morgan fingerprint density at radius 1 is 0.800 bits per heavy atom. The lowest BCUT2D eigenvalue weighted by Gasteiger charge is -1.67. The predicted octanol–water partition coefficient (Wildman–Crippen LogP) is 4.89.